The lowest BCUT2D eigenvalue weighted by molar-refractivity contribution is 0.00578. The molecule has 4 rings (SSSR count). The van der Waals surface area contributed by atoms with Crippen LogP contribution in [0.1, 0.15) is 38.8 Å². The Kier molecular flexibility index (Phi) is 6.14. The lowest BCUT2D eigenvalue weighted by Gasteiger charge is -2.32. The SMILES string of the molecule is CC1(C)OB(c2ccc(N(c3ccc(CO)cc3)c3ccc(CO)cc3)cc2)OC1(C)C. The molecule has 0 unspecified atom stereocenters. The van der Waals surface area contributed by atoms with E-state index in [1.54, 1.807) is 0 Å². The van der Waals surface area contributed by atoms with Crippen molar-refractivity contribution in [3.05, 3.63) is 83.9 Å². The highest BCUT2D eigenvalue weighted by molar-refractivity contribution is 6.62. The predicted molar refractivity (Wildman–Crippen MR) is 129 cm³/mol. The third-order valence-corrected chi connectivity index (χ3v) is 6.43. The smallest absolute Gasteiger partial charge is 0.399 e. The van der Waals surface area contributed by atoms with Crippen LogP contribution in [0.5, 0.6) is 0 Å². The Labute approximate surface area is 190 Å². The number of benzene rings is 3. The Morgan fingerprint density at radius 2 is 0.969 bits per heavy atom. The van der Waals surface area contributed by atoms with Crippen molar-refractivity contribution < 1.29 is 19.5 Å². The van der Waals surface area contributed by atoms with Crippen LogP contribution >= 0.6 is 0 Å². The van der Waals surface area contributed by atoms with E-state index in [-0.39, 0.29) is 24.4 Å². The van der Waals surface area contributed by atoms with Crippen LogP contribution in [0.15, 0.2) is 72.8 Å². The molecule has 1 fully saturated rings. The summed E-state index contributed by atoms with van der Waals surface area (Å²) in [4.78, 5) is 2.14. The molecule has 6 heteroatoms. The third kappa shape index (κ3) is 4.32. The van der Waals surface area contributed by atoms with E-state index in [0.717, 1.165) is 33.7 Å². The van der Waals surface area contributed by atoms with Crippen molar-refractivity contribution in [1.29, 1.82) is 0 Å². The normalized spacial score (nSPS) is 16.9. The summed E-state index contributed by atoms with van der Waals surface area (Å²) < 4.78 is 12.4. The molecule has 0 amide bonds. The summed E-state index contributed by atoms with van der Waals surface area (Å²) in [5, 5.41) is 18.8. The first-order valence-electron chi connectivity index (χ1n) is 10.9. The second-order valence-corrected chi connectivity index (χ2v) is 9.16. The average Bonchev–Trinajstić information content (AvgIpc) is 3.02. The molecule has 1 aliphatic rings. The summed E-state index contributed by atoms with van der Waals surface area (Å²) in [5.41, 5.74) is 4.86. The van der Waals surface area contributed by atoms with Gasteiger partial charge >= 0.3 is 7.12 Å². The maximum atomic E-state index is 9.41. The summed E-state index contributed by atoms with van der Waals surface area (Å²) >= 11 is 0. The van der Waals surface area contributed by atoms with Crippen molar-refractivity contribution in [2.24, 2.45) is 0 Å². The van der Waals surface area contributed by atoms with Gasteiger partial charge in [-0.15, -0.1) is 0 Å². The van der Waals surface area contributed by atoms with E-state index in [1.807, 2.05) is 60.7 Å². The Balaban J connectivity index is 1.68. The zero-order valence-corrected chi connectivity index (χ0v) is 19.1. The quantitative estimate of drug-likeness (QED) is 0.565. The first-order valence-corrected chi connectivity index (χ1v) is 10.9. The summed E-state index contributed by atoms with van der Waals surface area (Å²) in [6.07, 6.45) is 0. The molecule has 166 valence electrons. The van der Waals surface area contributed by atoms with Gasteiger partial charge in [-0.05, 0) is 80.7 Å². The highest BCUT2D eigenvalue weighted by Gasteiger charge is 2.51. The Morgan fingerprint density at radius 3 is 1.31 bits per heavy atom. The van der Waals surface area contributed by atoms with Gasteiger partial charge in [-0.2, -0.15) is 0 Å². The van der Waals surface area contributed by atoms with Crippen LogP contribution in [0.25, 0.3) is 0 Å². The molecule has 1 aliphatic heterocycles. The first-order chi connectivity index (χ1) is 15.2. The number of aliphatic hydroxyl groups excluding tert-OH is 2. The summed E-state index contributed by atoms with van der Waals surface area (Å²) in [6.45, 7) is 8.22. The number of anilines is 3. The molecule has 0 aliphatic carbocycles. The van der Waals surface area contributed by atoms with Crippen LogP contribution in [-0.2, 0) is 22.5 Å². The molecule has 0 saturated carbocycles. The lowest BCUT2D eigenvalue weighted by atomic mass is 9.79. The number of rotatable bonds is 6. The first kappa shape index (κ1) is 22.6. The molecule has 3 aromatic carbocycles. The van der Waals surface area contributed by atoms with Gasteiger partial charge in [0.25, 0.3) is 0 Å². The van der Waals surface area contributed by atoms with Crippen LogP contribution in [0.4, 0.5) is 17.1 Å². The van der Waals surface area contributed by atoms with Gasteiger partial charge in [0.1, 0.15) is 0 Å². The van der Waals surface area contributed by atoms with Gasteiger partial charge in [-0.1, -0.05) is 36.4 Å². The van der Waals surface area contributed by atoms with E-state index in [0.29, 0.717) is 0 Å². The maximum absolute atomic E-state index is 9.41. The van der Waals surface area contributed by atoms with Crippen molar-refractivity contribution in [1.82, 2.24) is 0 Å². The van der Waals surface area contributed by atoms with Gasteiger partial charge in [0.05, 0.1) is 24.4 Å². The topological polar surface area (TPSA) is 62.2 Å². The molecule has 0 radical (unpaired) electrons. The van der Waals surface area contributed by atoms with Crippen LogP contribution < -0.4 is 10.4 Å². The number of hydrogen-bond acceptors (Lipinski definition) is 5. The van der Waals surface area contributed by atoms with Crippen molar-refractivity contribution in [3.8, 4) is 0 Å². The van der Waals surface area contributed by atoms with Crippen molar-refractivity contribution >= 4 is 29.6 Å². The maximum Gasteiger partial charge on any atom is 0.494 e. The minimum Gasteiger partial charge on any atom is -0.399 e. The largest absolute Gasteiger partial charge is 0.494 e. The molecule has 1 saturated heterocycles. The molecular weight excluding hydrogens is 401 g/mol. The molecular formula is C26H30BNO4. The fourth-order valence-corrected chi connectivity index (χ4v) is 3.71. The summed E-state index contributed by atoms with van der Waals surface area (Å²) in [7, 11) is -0.407. The van der Waals surface area contributed by atoms with Crippen molar-refractivity contribution in [2.75, 3.05) is 4.90 Å². The van der Waals surface area contributed by atoms with E-state index in [1.165, 1.54) is 0 Å². The molecule has 0 bridgehead atoms. The van der Waals surface area contributed by atoms with Crippen LogP contribution in [0, 0.1) is 0 Å². The van der Waals surface area contributed by atoms with Crippen LogP contribution in [0.3, 0.4) is 0 Å². The van der Waals surface area contributed by atoms with E-state index < -0.39 is 7.12 Å². The highest BCUT2D eigenvalue weighted by Crippen LogP contribution is 2.37. The molecule has 0 atom stereocenters. The fraction of sp³-hybridized carbons (Fsp3) is 0.308. The minimum atomic E-state index is -0.407. The lowest BCUT2D eigenvalue weighted by Crippen LogP contribution is -2.41. The average molecular weight is 431 g/mol. The van der Waals surface area contributed by atoms with Gasteiger partial charge in [-0.3, -0.25) is 0 Å². The minimum absolute atomic E-state index is 0.00819. The van der Waals surface area contributed by atoms with Gasteiger partial charge in [0, 0.05) is 17.1 Å². The molecule has 1 heterocycles. The summed E-state index contributed by atoms with van der Waals surface area (Å²) in [6, 6.07) is 23.8. The number of nitrogens with zero attached hydrogens (tertiary/aromatic N) is 1. The van der Waals surface area contributed by atoms with Gasteiger partial charge in [-0.25, -0.2) is 0 Å². The zero-order valence-electron chi connectivity index (χ0n) is 19.1. The monoisotopic (exact) mass is 431 g/mol. The Morgan fingerprint density at radius 1 is 0.625 bits per heavy atom. The summed E-state index contributed by atoms with van der Waals surface area (Å²) in [5.74, 6) is 0. The van der Waals surface area contributed by atoms with E-state index in [4.69, 9.17) is 9.31 Å². The van der Waals surface area contributed by atoms with Crippen LogP contribution in [0.2, 0.25) is 0 Å². The highest BCUT2D eigenvalue weighted by atomic mass is 16.7. The second-order valence-electron chi connectivity index (χ2n) is 9.16. The standard InChI is InChI=1S/C26H30BNO4/c1-25(2)26(3,4)32-27(31-25)21-9-15-24(16-10-21)28(22-11-5-19(17-29)6-12-22)23-13-7-20(18-30)8-14-23/h5-16,29-30H,17-18H2,1-4H3. The second kappa shape index (κ2) is 8.72. The van der Waals surface area contributed by atoms with E-state index >= 15 is 0 Å². The van der Waals surface area contributed by atoms with Crippen molar-refractivity contribution in [2.45, 2.75) is 52.1 Å². The zero-order chi connectivity index (χ0) is 22.9. The molecule has 5 nitrogen and oxygen atoms in total. The molecule has 2 N–H and O–H groups in total. The predicted octanol–water partition coefficient (Wildman–Crippen LogP) is 4.44. The van der Waals surface area contributed by atoms with Crippen molar-refractivity contribution in [3.63, 3.8) is 0 Å². The molecule has 32 heavy (non-hydrogen) atoms. The number of aliphatic hydroxyl groups is 2. The van der Waals surface area contributed by atoms with Gasteiger partial charge < -0.3 is 24.4 Å². The molecule has 0 spiro atoms. The fourth-order valence-electron chi connectivity index (χ4n) is 3.71. The van der Waals surface area contributed by atoms with E-state index in [2.05, 4.69) is 44.7 Å². The van der Waals surface area contributed by atoms with Gasteiger partial charge in [0.2, 0.25) is 0 Å². The third-order valence-electron chi connectivity index (χ3n) is 6.43. The van der Waals surface area contributed by atoms with Gasteiger partial charge in [0.15, 0.2) is 0 Å². The number of hydrogen-bond donors (Lipinski definition) is 2. The van der Waals surface area contributed by atoms with E-state index in [9.17, 15) is 10.2 Å². The molecule has 0 aromatic heterocycles. The Bertz CT molecular complexity index is 983. The Hall–Kier alpha value is -2.64. The van der Waals surface area contributed by atoms with Crippen LogP contribution in [-0.4, -0.2) is 28.5 Å². The molecule has 3 aromatic rings.